The molecular formula is C26H18F3N3O. The van der Waals surface area contributed by atoms with Gasteiger partial charge in [-0.2, -0.15) is 13.2 Å². The number of hydrogen-bond acceptors (Lipinski definition) is 3. The summed E-state index contributed by atoms with van der Waals surface area (Å²) < 4.78 is 38.8. The van der Waals surface area contributed by atoms with E-state index in [1.54, 1.807) is 55.1 Å². The van der Waals surface area contributed by atoms with E-state index >= 15 is 0 Å². The number of alkyl halides is 3. The summed E-state index contributed by atoms with van der Waals surface area (Å²) in [5, 5.41) is 4.62. The van der Waals surface area contributed by atoms with Crippen LogP contribution in [0, 0.1) is 0 Å². The Morgan fingerprint density at radius 2 is 1.55 bits per heavy atom. The van der Waals surface area contributed by atoms with Gasteiger partial charge in [-0.1, -0.05) is 36.4 Å². The fourth-order valence-electron chi connectivity index (χ4n) is 3.37. The minimum Gasteiger partial charge on any atom is -0.322 e. The molecule has 0 aliphatic rings. The predicted octanol–water partition coefficient (Wildman–Crippen LogP) is 6.28. The first-order valence-corrected chi connectivity index (χ1v) is 10.0. The third kappa shape index (κ3) is 5.33. The van der Waals surface area contributed by atoms with Gasteiger partial charge in [0, 0.05) is 47.3 Å². The lowest BCUT2D eigenvalue weighted by molar-refractivity contribution is -0.137. The highest BCUT2D eigenvalue weighted by Crippen LogP contribution is 2.31. The van der Waals surface area contributed by atoms with Crippen molar-refractivity contribution in [3.8, 4) is 0 Å². The number of aromatic nitrogens is 2. The van der Waals surface area contributed by atoms with E-state index in [4.69, 9.17) is 0 Å². The molecule has 0 unspecified atom stereocenters. The minimum absolute atomic E-state index is 0.336. The Labute approximate surface area is 188 Å². The first-order valence-electron chi connectivity index (χ1n) is 10.0. The molecule has 1 amide bonds. The number of benzene rings is 2. The van der Waals surface area contributed by atoms with E-state index < -0.39 is 11.7 Å². The zero-order chi connectivity index (χ0) is 23.3. The minimum atomic E-state index is -4.41. The van der Waals surface area contributed by atoms with Crippen LogP contribution in [0.5, 0.6) is 0 Å². The van der Waals surface area contributed by atoms with E-state index in [-0.39, 0.29) is 5.91 Å². The maximum Gasteiger partial charge on any atom is 0.416 e. The van der Waals surface area contributed by atoms with Crippen molar-refractivity contribution in [1.29, 1.82) is 0 Å². The molecular weight excluding hydrogens is 427 g/mol. The Morgan fingerprint density at radius 1 is 0.848 bits per heavy atom. The van der Waals surface area contributed by atoms with E-state index in [2.05, 4.69) is 15.3 Å². The summed E-state index contributed by atoms with van der Waals surface area (Å²) in [7, 11) is 0. The number of pyridine rings is 2. The van der Waals surface area contributed by atoms with Crippen LogP contribution >= 0.6 is 0 Å². The van der Waals surface area contributed by atoms with Gasteiger partial charge in [-0.3, -0.25) is 14.8 Å². The van der Waals surface area contributed by atoms with E-state index in [1.807, 2.05) is 18.2 Å². The summed E-state index contributed by atoms with van der Waals surface area (Å²) in [6, 6.07) is 15.8. The fourth-order valence-corrected chi connectivity index (χ4v) is 3.37. The van der Waals surface area contributed by atoms with Crippen LogP contribution in [0.25, 0.3) is 16.3 Å². The molecule has 7 heteroatoms. The second-order valence-electron chi connectivity index (χ2n) is 7.14. The van der Waals surface area contributed by atoms with E-state index in [9.17, 15) is 18.0 Å². The maximum absolute atomic E-state index is 12.9. The van der Waals surface area contributed by atoms with Crippen molar-refractivity contribution in [2.24, 2.45) is 0 Å². The van der Waals surface area contributed by atoms with Crippen molar-refractivity contribution >= 4 is 27.9 Å². The number of halogens is 3. The Hall–Kier alpha value is -4.26. The standard InChI is InChI=1S/C26H18F3N3O/c27-26(28,29)21-9-7-18(8-10-21)22(19-11-14-30-15-12-19)4-2-6-25(33)32-24-5-1-3-20-17-31-16-13-23(20)24/h1-17H,(H,32,33). The monoisotopic (exact) mass is 445 g/mol. The number of hydrogen-bond donors (Lipinski definition) is 1. The summed E-state index contributed by atoms with van der Waals surface area (Å²) >= 11 is 0. The molecule has 2 heterocycles. The number of rotatable bonds is 5. The Kier molecular flexibility index (Phi) is 6.31. The average molecular weight is 445 g/mol. The Morgan fingerprint density at radius 3 is 2.27 bits per heavy atom. The van der Waals surface area contributed by atoms with Crippen molar-refractivity contribution < 1.29 is 18.0 Å². The smallest absolute Gasteiger partial charge is 0.322 e. The second kappa shape index (κ2) is 9.48. The zero-order valence-corrected chi connectivity index (χ0v) is 17.3. The number of allylic oxidation sites excluding steroid dienone is 2. The van der Waals surface area contributed by atoms with Gasteiger partial charge in [0.15, 0.2) is 0 Å². The van der Waals surface area contributed by atoms with Crippen molar-refractivity contribution in [2.45, 2.75) is 6.18 Å². The first kappa shape index (κ1) is 22.0. The van der Waals surface area contributed by atoms with E-state index in [0.29, 0.717) is 16.8 Å². The SMILES string of the molecule is O=C(C=CC=C(c1ccncc1)c1ccc(C(F)(F)F)cc1)Nc1cccc2cnccc12. The molecule has 0 radical (unpaired) electrons. The van der Waals surface area contributed by atoms with Crippen molar-refractivity contribution in [2.75, 3.05) is 5.32 Å². The number of carbonyl (C=O) groups is 1. The third-order valence-electron chi connectivity index (χ3n) is 4.96. The normalized spacial score (nSPS) is 12.3. The predicted molar refractivity (Wildman–Crippen MR) is 122 cm³/mol. The van der Waals surface area contributed by atoms with Crippen molar-refractivity contribution in [3.63, 3.8) is 0 Å². The van der Waals surface area contributed by atoms with Gasteiger partial charge in [0.2, 0.25) is 5.91 Å². The number of nitrogens with one attached hydrogen (secondary N) is 1. The van der Waals surface area contributed by atoms with Gasteiger partial charge in [-0.25, -0.2) is 0 Å². The number of anilines is 1. The van der Waals surface area contributed by atoms with Gasteiger partial charge in [-0.15, -0.1) is 0 Å². The lowest BCUT2D eigenvalue weighted by Crippen LogP contribution is -2.08. The molecule has 33 heavy (non-hydrogen) atoms. The molecule has 4 rings (SSSR count). The largest absolute Gasteiger partial charge is 0.416 e. The molecule has 0 saturated carbocycles. The van der Waals surface area contributed by atoms with Gasteiger partial charge < -0.3 is 5.32 Å². The summed E-state index contributed by atoms with van der Waals surface area (Å²) in [6.07, 6.45) is 6.77. The molecule has 0 bridgehead atoms. The van der Waals surface area contributed by atoms with Gasteiger partial charge in [-0.05, 0) is 53.1 Å². The number of fused-ring (bicyclic) bond motifs is 1. The van der Waals surface area contributed by atoms with Crippen LogP contribution < -0.4 is 5.32 Å². The van der Waals surface area contributed by atoms with Gasteiger partial charge in [0.25, 0.3) is 0 Å². The summed E-state index contributed by atoms with van der Waals surface area (Å²) in [6.45, 7) is 0. The molecule has 0 fully saturated rings. The average Bonchev–Trinajstić information content (AvgIpc) is 2.82. The molecule has 0 aliphatic carbocycles. The molecule has 0 spiro atoms. The second-order valence-corrected chi connectivity index (χ2v) is 7.14. The van der Waals surface area contributed by atoms with Crippen LogP contribution in [0.1, 0.15) is 16.7 Å². The third-order valence-corrected chi connectivity index (χ3v) is 4.96. The summed E-state index contributed by atoms with van der Waals surface area (Å²) in [5.41, 5.74) is 1.94. The van der Waals surface area contributed by atoms with Crippen LogP contribution in [0.2, 0.25) is 0 Å². The van der Waals surface area contributed by atoms with E-state index in [0.717, 1.165) is 28.5 Å². The van der Waals surface area contributed by atoms with Gasteiger partial charge >= 0.3 is 6.18 Å². The van der Waals surface area contributed by atoms with Crippen LogP contribution in [0.3, 0.4) is 0 Å². The quantitative estimate of drug-likeness (QED) is 0.291. The van der Waals surface area contributed by atoms with Crippen LogP contribution in [0.4, 0.5) is 18.9 Å². The Bertz CT molecular complexity index is 1320. The molecule has 2 aromatic heterocycles. The molecule has 164 valence electrons. The molecule has 0 saturated heterocycles. The lowest BCUT2D eigenvalue weighted by atomic mass is 9.97. The molecule has 2 aromatic carbocycles. The first-order chi connectivity index (χ1) is 15.9. The van der Waals surface area contributed by atoms with Crippen molar-refractivity contribution in [3.05, 3.63) is 120 Å². The molecule has 1 N–H and O–H groups in total. The molecule has 0 aliphatic heterocycles. The van der Waals surface area contributed by atoms with Crippen LogP contribution in [-0.2, 0) is 11.0 Å². The van der Waals surface area contributed by atoms with Crippen LogP contribution in [0.15, 0.2) is 104 Å². The maximum atomic E-state index is 12.9. The van der Waals surface area contributed by atoms with Crippen molar-refractivity contribution in [1.82, 2.24) is 9.97 Å². The molecule has 0 atom stereocenters. The van der Waals surface area contributed by atoms with E-state index in [1.165, 1.54) is 18.2 Å². The Balaban J connectivity index is 1.59. The van der Waals surface area contributed by atoms with Crippen LogP contribution in [-0.4, -0.2) is 15.9 Å². The molecule has 4 nitrogen and oxygen atoms in total. The number of nitrogens with zero attached hydrogens (tertiary/aromatic N) is 2. The topological polar surface area (TPSA) is 54.9 Å². The van der Waals surface area contributed by atoms with Gasteiger partial charge in [0.1, 0.15) is 0 Å². The summed E-state index contributed by atoms with van der Waals surface area (Å²) in [5.74, 6) is -0.336. The lowest BCUT2D eigenvalue weighted by Gasteiger charge is -2.10. The number of carbonyl (C=O) groups excluding carboxylic acids is 1. The molecule has 4 aromatic rings. The highest BCUT2D eigenvalue weighted by Gasteiger charge is 2.30. The van der Waals surface area contributed by atoms with Gasteiger partial charge in [0.05, 0.1) is 5.56 Å². The fraction of sp³-hybridized carbons (Fsp3) is 0.0385. The number of amides is 1. The zero-order valence-electron chi connectivity index (χ0n) is 17.3. The summed E-state index contributed by atoms with van der Waals surface area (Å²) in [4.78, 5) is 20.6. The highest BCUT2D eigenvalue weighted by atomic mass is 19.4. The highest BCUT2D eigenvalue weighted by molar-refractivity contribution is 6.06.